The Morgan fingerprint density at radius 2 is 1.79 bits per heavy atom. The Balaban J connectivity index is 0.00000385. The van der Waals surface area contributed by atoms with Gasteiger partial charge >= 0.3 is 5.97 Å². The lowest BCUT2D eigenvalue weighted by Gasteiger charge is -2.36. The molecule has 2 heterocycles. The maximum absolute atomic E-state index is 14.8. The van der Waals surface area contributed by atoms with Crippen LogP contribution in [-0.4, -0.2) is 66.6 Å². The number of carbonyl (C=O) groups is 3. The summed E-state index contributed by atoms with van der Waals surface area (Å²) in [6.07, 6.45) is 5.93. The number of carboxylic acid groups (broad SMARTS) is 1. The van der Waals surface area contributed by atoms with Crippen LogP contribution in [0.25, 0.3) is 0 Å². The van der Waals surface area contributed by atoms with Crippen LogP contribution in [0.3, 0.4) is 0 Å². The molecule has 2 amide bonds. The average Bonchev–Trinajstić information content (AvgIpc) is 2.75. The van der Waals surface area contributed by atoms with Crippen molar-refractivity contribution < 1.29 is 23.9 Å². The van der Waals surface area contributed by atoms with E-state index in [-0.39, 0.29) is 42.9 Å². The highest BCUT2D eigenvalue weighted by Crippen LogP contribution is 2.25. The van der Waals surface area contributed by atoms with Crippen LogP contribution in [0.2, 0.25) is 0 Å². The van der Waals surface area contributed by atoms with E-state index in [1.54, 1.807) is 12.1 Å². The summed E-state index contributed by atoms with van der Waals surface area (Å²) in [5, 5.41) is 14.0. The Bertz CT molecular complexity index is 818. The summed E-state index contributed by atoms with van der Waals surface area (Å²) in [7, 11) is 0. The van der Waals surface area contributed by atoms with E-state index >= 15 is 0 Å². The fraction of sp³-hybridized carbons (Fsp3) is 0.609. The second kappa shape index (κ2) is 13.3. The number of piperazine rings is 1. The smallest absolute Gasteiger partial charge is 0.303 e. The normalized spacial score (nSPS) is 19.1. The molecule has 0 aliphatic carbocycles. The topological polar surface area (TPSA) is 102 Å². The summed E-state index contributed by atoms with van der Waals surface area (Å²) in [6, 6.07) is 4.41. The molecule has 3 rings (SSSR count). The average molecular weight is 485 g/mol. The van der Waals surface area contributed by atoms with Crippen LogP contribution in [0.4, 0.5) is 15.8 Å². The molecule has 0 spiro atoms. The molecular weight excluding hydrogens is 451 g/mol. The number of rotatable bonds is 11. The monoisotopic (exact) mass is 484 g/mol. The highest BCUT2D eigenvalue weighted by molar-refractivity contribution is 6.01. The van der Waals surface area contributed by atoms with Gasteiger partial charge in [-0.2, -0.15) is 0 Å². The number of halogens is 2. The van der Waals surface area contributed by atoms with Crippen molar-refractivity contribution in [3.05, 3.63) is 24.0 Å². The van der Waals surface area contributed by atoms with E-state index in [0.717, 1.165) is 64.8 Å². The molecule has 1 atom stereocenters. The van der Waals surface area contributed by atoms with Crippen LogP contribution < -0.4 is 15.5 Å². The quantitative estimate of drug-likeness (QED) is 0.328. The second-order valence-corrected chi connectivity index (χ2v) is 8.55. The maximum Gasteiger partial charge on any atom is 0.303 e. The largest absolute Gasteiger partial charge is 0.481 e. The van der Waals surface area contributed by atoms with E-state index in [1.165, 1.54) is 6.07 Å². The van der Waals surface area contributed by atoms with E-state index in [4.69, 9.17) is 5.11 Å². The van der Waals surface area contributed by atoms with E-state index in [2.05, 4.69) is 15.5 Å². The zero-order chi connectivity index (χ0) is 22.9. The van der Waals surface area contributed by atoms with Gasteiger partial charge in [0, 0.05) is 44.7 Å². The highest BCUT2D eigenvalue weighted by atomic mass is 35.5. The summed E-state index contributed by atoms with van der Waals surface area (Å²) < 4.78 is 14.8. The van der Waals surface area contributed by atoms with Gasteiger partial charge in [0.25, 0.3) is 0 Å². The molecule has 1 aromatic carbocycles. The molecular formula is C23H34ClFN4O4. The van der Waals surface area contributed by atoms with Crippen molar-refractivity contribution in [3.63, 3.8) is 0 Å². The fourth-order valence-corrected chi connectivity index (χ4v) is 4.24. The summed E-state index contributed by atoms with van der Waals surface area (Å²) in [5.41, 5.74) is 1.10. The fourth-order valence-electron chi connectivity index (χ4n) is 4.24. The van der Waals surface area contributed by atoms with Crippen LogP contribution in [0, 0.1) is 5.82 Å². The Hall–Kier alpha value is -2.39. The zero-order valence-corrected chi connectivity index (χ0v) is 19.7. The number of amides is 2. The Labute approximate surface area is 200 Å². The Morgan fingerprint density at radius 1 is 1.09 bits per heavy atom. The maximum atomic E-state index is 14.8. The molecule has 2 aliphatic rings. The molecule has 0 bridgehead atoms. The molecule has 10 heteroatoms. The number of benzene rings is 1. The molecule has 184 valence electrons. The molecule has 1 unspecified atom stereocenters. The van der Waals surface area contributed by atoms with Gasteiger partial charge in [-0.25, -0.2) is 4.39 Å². The molecule has 0 saturated carbocycles. The van der Waals surface area contributed by atoms with Crippen molar-refractivity contribution in [2.45, 2.75) is 57.4 Å². The van der Waals surface area contributed by atoms with E-state index < -0.39 is 12.0 Å². The number of carboxylic acids is 1. The first kappa shape index (κ1) is 26.9. The number of piperidine rings is 1. The van der Waals surface area contributed by atoms with Gasteiger partial charge in [0.15, 0.2) is 0 Å². The third-order valence-electron chi connectivity index (χ3n) is 6.11. The molecule has 33 heavy (non-hydrogen) atoms. The molecule has 1 aromatic rings. The molecule has 2 aliphatic heterocycles. The Kier molecular flexibility index (Phi) is 10.9. The predicted octanol–water partition coefficient (Wildman–Crippen LogP) is 3.01. The minimum atomic E-state index is -0.723. The molecule has 0 aromatic heterocycles. The molecule has 2 saturated heterocycles. The van der Waals surface area contributed by atoms with E-state index in [1.807, 2.05) is 4.90 Å². The lowest BCUT2D eigenvalue weighted by atomic mass is 10.1. The van der Waals surface area contributed by atoms with Crippen LogP contribution in [0.1, 0.15) is 51.4 Å². The van der Waals surface area contributed by atoms with Crippen LogP contribution in [-0.2, 0) is 14.4 Å². The van der Waals surface area contributed by atoms with Crippen molar-refractivity contribution in [2.24, 2.45) is 0 Å². The highest BCUT2D eigenvalue weighted by Gasteiger charge is 2.27. The minimum Gasteiger partial charge on any atom is -0.481 e. The molecule has 8 nitrogen and oxygen atoms in total. The van der Waals surface area contributed by atoms with Gasteiger partial charge in [0.1, 0.15) is 11.9 Å². The van der Waals surface area contributed by atoms with Gasteiger partial charge in [0.05, 0.1) is 5.69 Å². The SMILES string of the molecule is Cl.O=C(O)CCCCCCCN1CCN(c2ccc(NC3CCC(=O)NC3=O)cc2F)CC1. The number of nitrogens with one attached hydrogen (secondary N) is 2. The Morgan fingerprint density at radius 3 is 2.45 bits per heavy atom. The van der Waals surface area contributed by atoms with Crippen LogP contribution >= 0.6 is 12.4 Å². The van der Waals surface area contributed by atoms with Crippen molar-refractivity contribution in [1.82, 2.24) is 10.2 Å². The second-order valence-electron chi connectivity index (χ2n) is 8.55. The van der Waals surface area contributed by atoms with Gasteiger partial charge in [-0.1, -0.05) is 19.3 Å². The van der Waals surface area contributed by atoms with Crippen molar-refractivity contribution in [1.29, 1.82) is 0 Å². The first-order chi connectivity index (χ1) is 15.4. The molecule has 3 N–H and O–H groups in total. The number of hydrogen-bond acceptors (Lipinski definition) is 6. The van der Waals surface area contributed by atoms with Crippen molar-refractivity contribution >= 4 is 41.6 Å². The third kappa shape index (κ3) is 8.47. The number of nitrogens with zero attached hydrogens (tertiary/aromatic N) is 2. The van der Waals surface area contributed by atoms with Crippen molar-refractivity contribution in [3.8, 4) is 0 Å². The van der Waals surface area contributed by atoms with Gasteiger partial charge in [0.2, 0.25) is 11.8 Å². The van der Waals surface area contributed by atoms with E-state index in [0.29, 0.717) is 17.8 Å². The van der Waals surface area contributed by atoms with Crippen LogP contribution in [0.15, 0.2) is 18.2 Å². The number of imide groups is 1. The summed E-state index contributed by atoms with van der Waals surface area (Å²) >= 11 is 0. The number of unbranched alkanes of at least 4 members (excludes halogenated alkanes) is 4. The molecule has 0 radical (unpaired) electrons. The van der Waals surface area contributed by atoms with Crippen molar-refractivity contribution in [2.75, 3.05) is 42.9 Å². The van der Waals surface area contributed by atoms with Crippen LogP contribution in [0.5, 0.6) is 0 Å². The third-order valence-corrected chi connectivity index (χ3v) is 6.11. The van der Waals surface area contributed by atoms with Gasteiger partial charge in [-0.3, -0.25) is 24.6 Å². The lowest BCUT2D eigenvalue weighted by Crippen LogP contribution is -2.47. The first-order valence-corrected chi connectivity index (χ1v) is 11.5. The molecule has 2 fully saturated rings. The standard InChI is InChI=1S/C23H33FN4O4.ClH/c24-18-16-17(25-19-8-10-21(29)26-23(19)32)7-9-20(18)28-14-12-27(13-15-28)11-5-3-1-2-4-6-22(30)31;/h7,9,16,19,25H,1-6,8,10-15H2,(H,30,31)(H,26,29,32);1H. The summed E-state index contributed by atoms with van der Waals surface area (Å²) in [4.78, 5) is 38.1. The number of carbonyl (C=O) groups excluding carboxylic acids is 2. The van der Waals surface area contributed by atoms with Gasteiger partial charge in [-0.15, -0.1) is 12.4 Å². The minimum absolute atomic E-state index is 0. The lowest BCUT2D eigenvalue weighted by molar-refractivity contribution is -0.137. The first-order valence-electron chi connectivity index (χ1n) is 11.5. The number of anilines is 2. The summed E-state index contributed by atoms with van der Waals surface area (Å²) in [5.74, 6) is -1.69. The number of aliphatic carboxylic acids is 1. The zero-order valence-electron chi connectivity index (χ0n) is 18.9. The summed E-state index contributed by atoms with van der Waals surface area (Å²) in [6.45, 7) is 4.30. The number of hydrogen-bond donors (Lipinski definition) is 3. The van der Waals surface area contributed by atoms with Gasteiger partial charge < -0.3 is 15.3 Å². The van der Waals surface area contributed by atoms with E-state index in [9.17, 15) is 18.8 Å². The van der Waals surface area contributed by atoms with Gasteiger partial charge in [-0.05, 0) is 44.0 Å². The predicted molar refractivity (Wildman–Crippen MR) is 127 cm³/mol.